The number of piperazine rings is 1. The van der Waals surface area contributed by atoms with E-state index < -0.39 is 28.3 Å². The number of hydrogen-bond donors (Lipinski definition) is 2. The Morgan fingerprint density at radius 3 is 2.72 bits per heavy atom. The summed E-state index contributed by atoms with van der Waals surface area (Å²) in [6, 6.07) is 3.91. The van der Waals surface area contributed by atoms with Crippen molar-refractivity contribution in [3.8, 4) is 0 Å². The van der Waals surface area contributed by atoms with Crippen molar-refractivity contribution in [3.05, 3.63) is 33.9 Å². The van der Waals surface area contributed by atoms with E-state index in [0.717, 1.165) is 12.2 Å². The zero-order chi connectivity index (χ0) is 18.4. The summed E-state index contributed by atoms with van der Waals surface area (Å²) < 4.78 is 0. The second-order valence-electron chi connectivity index (χ2n) is 6.57. The Kier molecular flexibility index (Phi) is 4.11. The van der Waals surface area contributed by atoms with Crippen molar-refractivity contribution in [2.24, 2.45) is 5.41 Å². The molecule has 1 aromatic carbocycles. The number of anilines is 1. The van der Waals surface area contributed by atoms with Crippen LogP contribution in [-0.4, -0.2) is 66.6 Å². The van der Waals surface area contributed by atoms with Gasteiger partial charge in [0.15, 0.2) is 5.41 Å². The Bertz CT molecular complexity index is 752. The topological polar surface area (TPSA) is 116 Å². The Morgan fingerprint density at radius 2 is 2.12 bits per heavy atom. The predicted molar refractivity (Wildman–Crippen MR) is 89.6 cm³/mol. The van der Waals surface area contributed by atoms with E-state index in [1.54, 1.807) is 6.07 Å². The predicted octanol–water partition coefficient (Wildman–Crippen LogP) is 0.0883. The first-order valence-electron chi connectivity index (χ1n) is 7.99. The highest BCUT2D eigenvalue weighted by Gasteiger charge is 2.58. The number of fused-ring (bicyclic) bond motifs is 3. The van der Waals surface area contributed by atoms with Crippen LogP contribution < -0.4 is 10.2 Å². The lowest BCUT2D eigenvalue weighted by molar-refractivity contribution is -0.384. The van der Waals surface area contributed by atoms with Crippen LogP contribution in [0.5, 0.6) is 0 Å². The summed E-state index contributed by atoms with van der Waals surface area (Å²) in [5, 5.41) is 23.5. The first kappa shape index (κ1) is 17.2. The summed E-state index contributed by atoms with van der Waals surface area (Å²) >= 11 is 0. The zero-order valence-electron chi connectivity index (χ0n) is 14.1. The van der Waals surface area contributed by atoms with E-state index in [4.69, 9.17) is 0 Å². The Labute approximate surface area is 144 Å². The lowest BCUT2D eigenvalue weighted by Gasteiger charge is -2.52. The SMILES string of the molecule is CNC(=O)[C@]1(C(=O)O)Cc2cc([N+](=O)[O-])ccc2N2CCN(C)C[C@H]21. The smallest absolute Gasteiger partial charge is 0.321 e. The molecule has 0 saturated carbocycles. The van der Waals surface area contributed by atoms with Crippen molar-refractivity contribution in [2.45, 2.75) is 12.5 Å². The Morgan fingerprint density at radius 1 is 1.40 bits per heavy atom. The number of carboxylic acids is 1. The number of hydrogen-bond acceptors (Lipinski definition) is 6. The number of rotatable bonds is 3. The molecular formula is C16H20N4O5. The van der Waals surface area contributed by atoms with E-state index in [1.807, 2.05) is 16.8 Å². The van der Waals surface area contributed by atoms with Crippen LogP contribution in [0.4, 0.5) is 11.4 Å². The van der Waals surface area contributed by atoms with Crippen LogP contribution in [0.15, 0.2) is 18.2 Å². The molecule has 0 unspecified atom stereocenters. The van der Waals surface area contributed by atoms with Gasteiger partial charge >= 0.3 is 5.97 Å². The molecule has 2 N–H and O–H groups in total. The van der Waals surface area contributed by atoms with Gasteiger partial charge in [0, 0.05) is 50.9 Å². The van der Waals surface area contributed by atoms with Crippen LogP contribution >= 0.6 is 0 Å². The number of aliphatic carboxylic acids is 1. The number of nitrogens with zero attached hydrogens (tertiary/aromatic N) is 3. The number of nitrogens with one attached hydrogen (secondary N) is 1. The van der Waals surface area contributed by atoms with Crippen LogP contribution in [0.3, 0.4) is 0 Å². The van der Waals surface area contributed by atoms with E-state index in [1.165, 1.54) is 19.2 Å². The number of carbonyl (C=O) groups is 2. The van der Waals surface area contributed by atoms with Crippen molar-refractivity contribution in [2.75, 3.05) is 38.6 Å². The monoisotopic (exact) mass is 348 g/mol. The van der Waals surface area contributed by atoms with Gasteiger partial charge in [0.25, 0.3) is 5.69 Å². The van der Waals surface area contributed by atoms with Gasteiger partial charge in [-0.2, -0.15) is 0 Å². The highest BCUT2D eigenvalue weighted by Crippen LogP contribution is 2.44. The lowest BCUT2D eigenvalue weighted by Crippen LogP contribution is -2.68. The summed E-state index contributed by atoms with van der Waals surface area (Å²) in [5.74, 6) is -1.79. The van der Waals surface area contributed by atoms with Gasteiger partial charge in [0.05, 0.1) is 11.0 Å². The average molecular weight is 348 g/mol. The van der Waals surface area contributed by atoms with Crippen molar-refractivity contribution in [3.63, 3.8) is 0 Å². The molecule has 2 aliphatic rings. The molecule has 134 valence electrons. The van der Waals surface area contributed by atoms with Gasteiger partial charge in [-0.3, -0.25) is 19.7 Å². The van der Waals surface area contributed by atoms with Gasteiger partial charge in [0.2, 0.25) is 5.91 Å². The molecule has 1 amide bonds. The zero-order valence-corrected chi connectivity index (χ0v) is 14.1. The minimum absolute atomic E-state index is 0.0754. The molecule has 2 aliphatic heterocycles. The summed E-state index contributed by atoms with van der Waals surface area (Å²) in [6.45, 7) is 1.70. The number of carbonyl (C=O) groups excluding carboxylic acids is 1. The molecule has 3 rings (SSSR count). The molecule has 25 heavy (non-hydrogen) atoms. The molecule has 2 atom stereocenters. The fourth-order valence-electron chi connectivity index (χ4n) is 3.92. The second kappa shape index (κ2) is 5.99. The van der Waals surface area contributed by atoms with Gasteiger partial charge < -0.3 is 20.2 Å². The lowest BCUT2D eigenvalue weighted by atomic mass is 9.69. The first-order valence-corrected chi connectivity index (χ1v) is 7.99. The molecule has 9 heteroatoms. The molecule has 0 aromatic heterocycles. The van der Waals surface area contributed by atoms with E-state index in [0.29, 0.717) is 18.7 Å². The maximum absolute atomic E-state index is 12.6. The quantitative estimate of drug-likeness (QED) is 0.452. The molecule has 1 fully saturated rings. The summed E-state index contributed by atoms with van der Waals surface area (Å²) in [4.78, 5) is 39.4. The molecule has 1 aromatic rings. The fourth-order valence-corrected chi connectivity index (χ4v) is 3.92. The van der Waals surface area contributed by atoms with Gasteiger partial charge in [-0.05, 0) is 18.7 Å². The number of benzene rings is 1. The maximum Gasteiger partial charge on any atom is 0.321 e. The second-order valence-corrected chi connectivity index (χ2v) is 6.57. The normalized spacial score (nSPS) is 25.7. The first-order chi connectivity index (χ1) is 11.8. The number of amides is 1. The average Bonchev–Trinajstić information content (AvgIpc) is 2.59. The number of nitro groups is 1. The Balaban J connectivity index is 2.19. The van der Waals surface area contributed by atoms with Crippen LogP contribution in [0, 0.1) is 15.5 Å². The summed E-state index contributed by atoms with van der Waals surface area (Å²) in [5.41, 5.74) is -0.515. The van der Waals surface area contributed by atoms with E-state index in [9.17, 15) is 24.8 Å². The van der Waals surface area contributed by atoms with Crippen LogP contribution in [0.1, 0.15) is 5.56 Å². The third-order valence-corrected chi connectivity index (χ3v) is 5.22. The van der Waals surface area contributed by atoms with Crippen LogP contribution in [-0.2, 0) is 16.0 Å². The van der Waals surface area contributed by atoms with Crippen molar-refractivity contribution in [1.29, 1.82) is 0 Å². The van der Waals surface area contributed by atoms with Crippen molar-refractivity contribution >= 4 is 23.3 Å². The van der Waals surface area contributed by atoms with Crippen LogP contribution in [0.2, 0.25) is 0 Å². The minimum atomic E-state index is -1.69. The van der Waals surface area contributed by atoms with Gasteiger partial charge in [-0.25, -0.2) is 0 Å². The number of likely N-dealkylation sites (N-methyl/N-ethyl adjacent to an activating group) is 1. The standard InChI is InChI=1S/C16H20N4O5/c1-17-14(21)16(15(22)23)8-10-7-11(20(24)25)3-4-12(10)19-6-5-18(2)9-13(16)19/h3-4,7,13H,5-6,8-9H2,1-2H3,(H,17,21)(H,22,23)/t13-,16-/m0/s1. The summed E-state index contributed by atoms with van der Waals surface area (Å²) in [7, 11) is 3.30. The molecular weight excluding hydrogens is 328 g/mol. The highest BCUT2D eigenvalue weighted by molar-refractivity contribution is 6.04. The third-order valence-electron chi connectivity index (χ3n) is 5.22. The number of carboxylic acid groups (broad SMARTS) is 1. The van der Waals surface area contributed by atoms with E-state index >= 15 is 0 Å². The van der Waals surface area contributed by atoms with Crippen molar-refractivity contribution < 1.29 is 19.6 Å². The molecule has 0 aliphatic carbocycles. The minimum Gasteiger partial charge on any atom is -0.480 e. The third kappa shape index (κ3) is 2.51. The summed E-state index contributed by atoms with van der Waals surface area (Å²) in [6.07, 6.45) is -0.0754. The largest absolute Gasteiger partial charge is 0.480 e. The molecule has 2 heterocycles. The van der Waals surface area contributed by atoms with Gasteiger partial charge in [-0.1, -0.05) is 0 Å². The maximum atomic E-state index is 12.6. The molecule has 9 nitrogen and oxygen atoms in total. The highest BCUT2D eigenvalue weighted by atomic mass is 16.6. The molecule has 0 spiro atoms. The molecule has 0 bridgehead atoms. The van der Waals surface area contributed by atoms with Gasteiger partial charge in [0.1, 0.15) is 0 Å². The number of nitro benzene ring substituents is 1. The number of non-ortho nitro benzene ring substituents is 1. The molecule has 1 saturated heterocycles. The van der Waals surface area contributed by atoms with Gasteiger partial charge in [-0.15, -0.1) is 0 Å². The van der Waals surface area contributed by atoms with E-state index in [-0.39, 0.29) is 12.1 Å². The van der Waals surface area contributed by atoms with Crippen LogP contribution in [0.25, 0.3) is 0 Å². The Hall–Kier alpha value is -2.68. The van der Waals surface area contributed by atoms with Crippen molar-refractivity contribution in [1.82, 2.24) is 10.2 Å². The molecule has 0 radical (unpaired) electrons. The van der Waals surface area contributed by atoms with E-state index in [2.05, 4.69) is 5.32 Å². The fraction of sp³-hybridized carbons (Fsp3) is 0.500.